The van der Waals surface area contributed by atoms with E-state index in [1.807, 2.05) is 0 Å². The van der Waals surface area contributed by atoms with Crippen molar-refractivity contribution in [2.45, 2.75) is 65.5 Å². The van der Waals surface area contributed by atoms with Gasteiger partial charge in [-0.2, -0.15) is 5.26 Å². The van der Waals surface area contributed by atoms with E-state index in [4.69, 9.17) is 0 Å². The summed E-state index contributed by atoms with van der Waals surface area (Å²) in [6, 6.07) is 2.98. The van der Waals surface area contributed by atoms with Crippen LogP contribution in [0.5, 0.6) is 0 Å². The molecule has 2 unspecified atom stereocenters. The molecular formula is C16H31N3. The SMILES string of the molecule is CCC(C)CN(CC)CC(C#N)(NC(C)C)C1CC1. The van der Waals surface area contributed by atoms with E-state index in [1.165, 1.54) is 19.3 Å². The van der Waals surface area contributed by atoms with Crippen LogP contribution in [0.15, 0.2) is 0 Å². The van der Waals surface area contributed by atoms with Crippen LogP contribution in [0.25, 0.3) is 0 Å². The summed E-state index contributed by atoms with van der Waals surface area (Å²) in [6.07, 6.45) is 3.61. The maximum atomic E-state index is 9.73. The maximum absolute atomic E-state index is 9.73. The third kappa shape index (κ3) is 4.78. The predicted molar refractivity (Wildman–Crippen MR) is 80.9 cm³/mol. The molecule has 0 aromatic carbocycles. The van der Waals surface area contributed by atoms with Crippen LogP contribution in [0, 0.1) is 23.2 Å². The summed E-state index contributed by atoms with van der Waals surface area (Å²) < 4.78 is 0. The maximum Gasteiger partial charge on any atom is 0.122 e. The molecule has 0 amide bonds. The lowest BCUT2D eigenvalue weighted by Gasteiger charge is -2.36. The van der Waals surface area contributed by atoms with Crippen LogP contribution < -0.4 is 5.32 Å². The number of rotatable bonds is 9. The fourth-order valence-electron chi connectivity index (χ4n) is 2.77. The Bertz CT molecular complexity index is 304. The Kier molecular flexibility index (Phi) is 6.29. The molecule has 0 aromatic heterocycles. The molecule has 3 heteroatoms. The van der Waals surface area contributed by atoms with Crippen molar-refractivity contribution in [3.05, 3.63) is 0 Å². The second-order valence-electron chi connectivity index (χ2n) is 6.50. The Morgan fingerprint density at radius 2 is 1.95 bits per heavy atom. The first-order chi connectivity index (χ1) is 8.97. The Morgan fingerprint density at radius 1 is 1.32 bits per heavy atom. The van der Waals surface area contributed by atoms with E-state index in [-0.39, 0.29) is 5.54 Å². The van der Waals surface area contributed by atoms with Gasteiger partial charge in [0.15, 0.2) is 0 Å². The van der Waals surface area contributed by atoms with Gasteiger partial charge in [-0.05, 0) is 45.1 Å². The Labute approximate surface area is 119 Å². The number of hydrogen-bond acceptors (Lipinski definition) is 3. The molecule has 0 bridgehead atoms. The molecule has 1 aliphatic rings. The lowest BCUT2D eigenvalue weighted by atomic mass is 9.92. The van der Waals surface area contributed by atoms with Crippen molar-refractivity contribution in [3.63, 3.8) is 0 Å². The van der Waals surface area contributed by atoms with Gasteiger partial charge in [-0.25, -0.2) is 0 Å². The van der Waals surface area contributed by atoms with Gasteiger partial charge >= 0.3 is 0 Å². The number of nitriles is 1. The van der Waals surface area contributed by atoms with Crippen molar-refractivity contribution in [1.82, 2.24) is 10.2 Å². The third-order valence-corrected chi connectivity index (χ3v) is 4.21. The second-order valence-corrected chi connectivity index (χ2v) is 6.50. The van der Waals surface area contributed by atoms with Crippen LogP contribution in [-0.2, 0) is 0 Å². The summed E-state index contributed by atoms with van der Waals surface area (Å²) in [5.41, 5.74) is -0.336. The molecule has 0 heterocycles. The minimum Gasteiger partial charge on any atom is -0.300 e. The molecule has 0 saturated heterocycles. The normalized spacial score (nSPS) is 20.3. The van der Waals surface area contributed by atoms with Crippen LogP contribution in [0.4, 0.5) is 0 Å². The van der Waals surface area contributed by atoms with Gasteiger partial charge in [0.2, 0.25) is 0 Å². The van der Waals surface area contributed by atoms with Crippen molar-refractivity contribution < 1.29 is 0 Å². The van der Waals surface area contributed by atoms with Gasteiger partial charge in [-0.3, -0.25) is 5.32 Å². The van der Waals surface area contributed by atoms with E-state index in [0.717, 1.165) is 19.6 Å². The van der Waals surface area contributed by atoms with E-state index in [2.05, 4.69) is 50.9 Å². The molecule has 1 N–H and O–H groups in total. The highest BCUT2D eigenvalue weighted by molar-refractivity contribution is 5.17. The first-order valence-corrected chi connectivity index (χ1v) is 7.88. The standard InChI is InChI=1S/C16H31N3/c1-6-14(5)10-19(7-2)12-16(11-17,15-8-9-15)18-13(3)4/h13-15,18H,6-10,12H2,1-5H3. The smallest absolute Gasteiger partial charge is 0.122 e. The second kappa shape index (κ2) is 7.26. The highest BCUT2D eigenvalue weighted by Crippen LogP contribution is 2.40. The summed E-state index contributed by atoms with van der Waals surface area (Å²) >= 11 is 0. The van der Waals surface area contributed by atoms with Crippen LogP contribution in [0.3, 0.4) is 0 Å². The van der Waals surface area contributed by atoms with Gasteiger partial charge in [0.05, 0.1) is 6.07 Å². The fraction of sp³-hybridized carbons (Fsp3) is 0.938. The van der Waals surface area contributed by atoms with Crippen molar-refractivity contribution in [2.75, 3.05) is 19.6 Å². The fourth-order valence-corrected chi connectivity index (χ4v) is 2.77. The van der Waals surface area contributed by atoms with Gasteiger partial charge in [0.25, 0.3) is 0 Å². The minimum absolute atomic E-state index is 0.336. The molecule has 1 rings (SSSR count). The number of likely N-dealkylation sites (N-methyl/N-ethyl adjacent to an activating group) is 1. The molecular weight excluding hydrogens is 234 g/mol. The van der Waals surface area contributed by atoms with E-state index in [0.29, 0.717) is 17.9 Å². The summed E-state index contributed by atoms with van der Waals surface area (Å²) in [5, 5.41) is 13.3. The van der Waals surface area contributed by atoms with Crippen molar-refractivity contribution in [3.8, 4) is 6.07 Å². The first-order valence-electron chi connectivity index (χ1n) is 7.88. The highest BCUT2D eigenvalue weighted by atomic mass is 15.2. The molecule has 1 fully saturated rings. The lowest BCUT2D eigenvalue weighted by Crippen LogP contribution is -2.57. The zero-order valence-electron chi connectivity index (χ0n) is 13.4. The molecule has 0 spiro atoms. The zero-order chi connectivity index (χ0) is 14.5. The average molecular weight is 265 g/mol. The van der Waals surface area contributed by atoms with E-state index >= 15 is 0 Å². The Morgan fingerprint density at radius 3 is 2.32 bits per heavy atom. The summed E-state index contributed by atoms with van der Waals surface area (Å²) in [5.74, 6) is 1.25. The summed E-state index contributed by atoms with van der Waals surface area (Å²) in [4.78, 5) is 2.45. The molecule has 0 radical (unpaired) electrons. The topological polar surface area (TPSA) is 39.1 Å². The monoisotopic (exact) mass is 265 g/mol. The molecule has 1 aliphatic carbocycles. The lowest BCUT2D eigenvalue weighted by molar-refractivity contribution is 0.174. The summed E-state index contributed by atoms with van der Waals surface area (Å²) in [6.45, 7) is 14.0. The van der Waals surface area contributed by atoms with E-state index < -0.39 is 0 Å². The van der Waals surface area contributed by atoms with E-state index in [1.54, 1.807) is 0 Å². The van der Waals surface area contributed by atoms with Gasteiger partial charge in [-0.15, -0.1) is 0 Å². The average Bonchev–Trinajstić information content (AvgIpc) is 3.20. The Balaban J connectivity index is 2.72. The molecule has 3 nitrogen and oxygen atoms in total. The van der Waals surface area contributed by atoms with Crippen LogP contribution in [0.2, 0.25) is 0 Å². The largest absolute Gasteiger partial charge is 0.300 e. The van der Waals surface area contributed by atoms with Gasteiger partial charge in [0.1, 0.15) is 5.54 Å². The summed E-state index contributed by atoms with van der Waals surface area (Å²) in [7, 11) is 0. The minimum atomic E-state index is -0.336. The van der Waals surface area contributed by atoms with Crippen LogP contribution in [0.1, 0.15) is 53.9 Å². The zero-order valence-corrected chi connectivity index (χ0v) is 13.4. The first kappa shape index (κ1) is 16.5. The quantitative estimate of drug-likeness (QED) is 0.696. The Hall–Kier alpha value is -0.590. The van der Waals surface area contributed by atoms with E-state index in [9.17, 15) is 5.26 Å². The third-order valence-electron chi connectivity index (χ3n) is 4.21. The number of nitrogens with one attached hydrogen (secondary N) is 1. The van der Waals surface area contributed by atoms with Crippen molar-refractivity contribution >= 4 is 0 Å². The molecule has 2 atom stereocenters. The van der Waals surface area contributed by atoms with Crippen LogP contribution in [-0.4, -0.2) is 36.1 Å². The molecule has 0 aliphatic heterocycles. The molecule has 1 saturated carbocycles. The molecule has 0 aromatic rings. The van der Waals surface area contributed by atoms with Gasteiger partial charge < -0.3 is 4.90 Å². The van der Waals surface area contributed by atoms with Crippen LogP contribution >= 0.6 is 0 Å². The highest BCUT2D eigenvalue weighted by Gasteiger charge is 2.46. The molecule has 19 heavy (non-hydrogen) atoms. The van der Waals surface area contributed by atoms with Gasteiger partial charge in [0, 0.05) is 19.1 Å². The predicted octanol–water partition coefficient (Wildman–Crippen LogP) is 3.02. The molecule has 110 valence electrons. The van der Waals surface area contributed by atoms with Crippen molar-refractivity contribution in [1.29, 1.82) is 5.26 Å². The van der Waals surface area contributed by atoms with Gasteiger partial charge in [-0.1, -0.05) is 27.2 Å². The number of nitrogens with zero attached hydrogens (tertiary/aromatic N) is 2. The van der Waals surface area contributed by atoms with Crippen molar-refractivity contribution in [2.24, 2.45) is 11.8 Å². The number of hydrogen-bond donors (Lipinski definition) is 1.